The molecule has 2 aliphatic carbocycles. The summed E-state index contributed by atoms with van der Waals surface area (Å²) in [6.07, 6.45) is 7.31. The molecule has 0 aliphatic heterocycles. The number of hydrogen-bond acceptors (Lipinski definition) is 0. The van der Waals surface area contributed by atoms with Crippen molar-refractivity contribution in [3.63, 3.8) is 0 Å². The quantitative estimate of drug-likeness (QED) is 0.636. The van der Waals surface area contributed by atoms with Crippen molar-refractivity contribution in [1.82, 2.24) is 0 Å². The van der Waals surface area contributed by atoms with Crippen LogP contribution in [0.25, 0.3) is 0 Å². The molecule has 2 aliphatic rings. The summed E-state index contributed by atoms with van der Waals surface area (Å²) >= 11 is 7.32. The standard InChI is InChI=1S/C8H12Br2/c9-7(10)8-3-1-6(5-8)2-4-8/h6-7H,1-5H2. The first-order valence-corrected chi connectivity index (χ1v) is 5.84. The summed E-state index contributed by atoms with van der Waals surface area (Å²) in [6.45, 7) is 0. The zero-order chi connectivity index (χ0) is 7.19. The number of halogens is 2. The lowest BCUT2D eigenvalue weighted by Crippen LogP contribution is -2.21. The fraction of sp³-hybridized carbons (Fsp3) is 1.00. The van der Waals surface area contributed by atoms with Crippen LogP contribution in [0.2, 0.25) is 0 Å². The average Bonchev–Trinajstić information content (AvgIpc) is 2.45. The van der Waals surface area contributed by atoms with Crippen LogP contribution in [-0.2, 0) is 0 Å². The molecule has 0 aromatic heterocycles. The fourth-order valence-corrected chi connectivity index (χ4v) is 3.83. The van der Waals surface area contributed by atoms with Crippen LogP contribution in [0.15, 0.2) is 0 Å². The van der Waals surface area contributed by atoms with Gasteiger partial charge >= 0.3 is 0 Å². The third-order valence-electron chi connectivity index (χ3n) is 3.26. The normalized spacial score (nSPS) is 45.3. The van der Waals surface area contributed by atoms with Crippen LogP contribution in [0.4, 0.5) is 0 Å². The molecule has 2 saturated carbocycles. The maximum absolute atomic E-state index is 3.66. The zero-order valence-corrected chi connectivity index (χ0v) is 9.12. The summed E-state index contributed by atoms with van der Waals surface area (Å²) in [5.74, 6) is 1.07. The predicted molar refractivity (Wildman–Crippen MR) is 50.7 cm³/mol. The summed E-state index contributed by atoms with van der Waals surface area (Å²) < 4.78 is 0.569. The van der Waals surface area contributed by atoms with Gasteiger partial charge in [-0.1, -0.05) is 31.9 Å². The van der Waals surface area contributed by atoms with Crippen LogP contribution in [0.5, 0.6) is 0 Å². The topological polar surface area (TPSA) is 0 Å². The molecule has 0 atom stereocenters. The first-order valence-electron chi connectivity index (χ1n) is 4.01. The molecule has 0 spiro atoms. The minimum Gasteiger partial charge on any atom is -0.0759 e. The largest absolute Gasteiger partial charge is 0.0759 e. The van der Waals surface area contributed by atoms with Crippen molar-refractivity contribution >= 4 is 31.9 Å². The highest BCUT2D eigenvalue weighted by atomic mass is 79.9. The fourth-order valence-electron chi connectivity index (χ4n) is 2.54. The van der Waals surface area contributed by atoms with Crippen molar-refractivity contribution in [2.75, 3.05) is 0 Å². The molecule has 2 fully saturated rings. The van der Waals surface area contributed by atoms with Gasteiger partial charge in [-0.3, -0.25) is 0 Å². The van der Waals surface area contributed by atoms with E-state index in [9.17, 15) is 0 Å². The van der Waals surface area contributed by atoms with E-state index in [2.05, 4.69) is 31.9 Å². The second-order valence-electron chi connectivity index (χ2n) is 3.81. The molecule has 0 heterocycles. The van der Waals surface area contributed by atoms with E-state index in [4.69, 9.17) is 0 Å². The van der Waals surface area contributed by atoms with Crippen molar-refractivity contribution < 1.29 is 0 Å². The lowest BCUT2D eigenvalue weighted by molar-refractivity contribution is 0.332. The first-order chi connectivity index (χ1) is 4.73. The molecule has 0 N–H and O–H groups in total. The van der Waals surface area contributed by atoms with Gasteiger partial charge < -0.3 is 0 Å². The van der Waals surface area contributed by atoms with Gasteiger partial charge in [0.25, 0.3) is 0 Å². The summed E-state index contributed by atoms with van der Waals surface area (Å²) in [6, 6.07) is 0. The van der Waals surface area contributed by atoms with Gasteiger partial charge in [-0.05, 0) is 43.4 Å². The van der Waals surface area contributed by atoms with Crippen molar-refractivity contribution in [2.45, 2.75) is 35.8 Å². The summed E-state index contributed by atoms with van der Waals surface area (Å²) in [7, 11) is 0. The molecule has 0 nitrogen and oxygen atoms in total. The Morgan fingerprint density at radius 3 is 2.00 bits per heavy atom. The van der Waals surface area contributed by atoms with Gasteiger partial charge in [0.05, 0.1) is 3.74 Å². The Bertz CT molecular complexity index is 134. The number of alkyl halides is 2. The van der Waals surface area contributed by atoms with Crippen molar-refractivity contribution in [2.24, 2.45) is 11.3 Å². The smallest absolute Gasteiger partial charge is 0.0754 e. The van der Waals surface area contributed by atoms with E-state index in [0.717, 1.165) is 5.92 Å². The second-order valence-corrected chi connectivity index (χ2v) is 6.87. The van der Waals surface area contributed by atoms with Gasteiger partial charge in [0.2, 0.25) is 0 Å². The van der Waals surface area contributed by atoms with Gasteiger partial charge in [-0.2, -0.15) is 0 Å². The predicted octanol–water partition coefficient (Wildman–Crippen LogP) is 3.68. The van der Waals surface area contributed by atoms with Crippen LogP contribution < -0.4 is 0 Å². The minimum absolute atomic E-state index is 0.569. The molecular formula is C8H12Br2. The molecule has 10 heavy (non-hydrogen) atoms. The van der Waals surface area contributed by atoms with E-state index >= 15 is 0 Å². The van der Waals surface area contributed by atoms with Gasteiger partial charge in [0.1, 0.15) is 0 Å². The minimum atomic E-state index is 0.569. The van der Waals surface area contributed by atoms with Gasteiger partial charge in [0.15, 0.2) is 0 Å². The monoisotopic (exact) mass is 266 g/mol. The molecule has 0 unspecified atom stereocenters. The Balaban J connectivity index is 2.15. The zero-order valence-electron chi connectivity index (χ0n) is 5.95. The molecule has 2 rings (SSSR count). The highest BCUT2D eigenvalue weighted by Crippen LogP contribution is 2.58. The number of fused-ring (bicyclic) bond motifs is 2. The van der Waals surface area contributed by atoms with E-state index in [-0.39, 0.29) is 0 Å². The van der Waals surface area contributed by atoms with Crippen LogP contribution in [0.1, 0.15) is 32.1 Å². The van der Waals surface area contributed by atoms with E-state index in [0.29, 0.717) is 9.15 Å². The molecular weight excluding hydrogens is 256 g/mol. The van der Waals surface area contributed by atoms with Crippen molar-refractivity contribution in [3.8, 4) is 0 Å². The Morgan fingerprint density at radius 1 is 1.20 bits per heavy atom. The maximum Gasteiger partial charge on any atom is 0.0754 e. The SMILES string of the molecule is BrC(Br)C12CCC(CC1)C2. The molecule has 2 heteroatoms. The summed E-state index contributed by atoms with van der Waals surface area (Å²) in [4.78, 5) is 0. The molecule has 0 radical (unpaired) electrons. The molecule has 58 valence electrons. The Kier molecular flexibility index (Phi) is 1.88. The van der Waals surface area contributed by atoms with Crippen LogP contribution >= 0.6 is 31.9 Å². The van der Waals surface area contributed by atoms with E-state index < -0.39 is 0 Å². The molecule has 0 saturated heterocycles. The molecule has 0 aromatic carbocycles. The maximum atomic E-state index is 3.66. The van der Waals surface area contributed by atoms with Crippen LogP contribution in [-0.4, -0.2) is 3.74 Å². The van der Waals surface area contributed by atoms with Gasteiger partial charge in [0, 0.05) is 0 Å². The van der Waals surface area contributed by atoms with Gasteiger partial charge in [-0.15, -0.1) is 0 Å². The molecule has 0 aromatic rings. The number of hydrogen-bond donors (Lipinski definition) is 0. The highest BCUT2D eigenvalue weighted by molar-refractivity contribution is 9.24. The average molecular weight is 268 g/mol. The lowest BCUT2D eigenvalue weighted by Gasteiger charge is -2.27. The lowest BCUT2D eigenvalue weighted by atomic mass is 9.87. The van der Waals surface area contributed by atoms with Crippen LogP contribution in [0, 0.1) is 11.3 Å². The Hall–Kier alpha value is 0.960. The van der Waals surface area contributed by atoms with Gasteiger partial charge in [-0.25, -0.2) is 0 Å². The Morgan fingerprint density at radius 2 is 1.80 bits per heavy atom. The third kappa shape index (κ3) is 0.989. The molecule has 0 amide bonds. The molecule has 2 bridgehead atoms. The summed E-state index contributed by atoms with van der Waals surface area (Å²) in [5.41, 5.74) is 0.644. The van der Waals surface area contributed by atoms with E-state index in [1.54, 1.807) is 0 Å². The van der Waals surface area contributed by atoms with Crippen molar-refractivity contribution in [3.05, 3.63) is 0 Å². The Labute approximate surface area is 79.0 Å². The van der Waals surface area contributed by atoms with Crippen molar-refractivity contribution in [1.29, 1.82) is 0 Å². The summed E-state index contributed by atoms with van der Waals surface area (Å²) in [5, 5.41) is 0. The highest BCUT2D eigenvalue weighted by Gasteiger charge is 2.47. The van der Waals surface area contributed by atoms with Crippen LogP contribution in [0.3, 0.4) is 0 Å². The second kappa shape index (κ2) is 2.48. The number of rotatable bonds is 1. The first kappa shape index (κ1) is 7.60. The third-order valence-corrected chi connectivity index (χ3v) is 5.20. The van der Waals surface area contributed by atoms with E-state index in [1.807, 2.05) is 0 Å². The van der Waals surface area contributed by atoms with E-state index in [1.165, 1.54) is 32.1 Å².